The number of aryl methyl sites for hydroxylation is 1. The Morgan fingerprint density at radius 3 is 2.62 bits per heavy atom. The molecule has 0 saturated heterocycles. The van der Waals surface area contributed by atoms with Crippen LogP contribution in [0.1, 0.15) is 47.0 Å². The lowest BCUT2D eigenvalue weighted by atomic mass is 10.1. The molecule has 1 aromatic heterocycles. The van der Waals surface area contributed by atoms with E-state index in [4.69, 9.17) is 4.42 Å². The summed E-state index contributed by atoms with van der Waals surface area (Å²) in [5, 5.41) is 4.09. The Balaban J connectivity index is 1.80. The Morgan fingerprint density at radius 1 is 1.12 bits per heavy atom. The van der Waals surface area contributed by atoms with Gasteiger partial charge in [-0.2, -0.15) is 0 Å². The van der Waals surface area contributed by atoms with Gasteiger partial charge in [0.1, 0.15) is 11.3 Å². The van der Waals surface area contributed by atoms with Crippen LogP contribution < -0.4 is 5.32 Å². The van der Waals surface area contributed by atoms with Crippen molar-refractivity contribution in [3.05, 3.63) is 77.9 Å². The fourth-order valence-electron chi connectivity index (χ4n) is 2.81. The first kappa shape index (κ1) is 16.3. The van der Waals surface area contributed by atoms with E-state index in [1.54, 1.807) is 12.1 Å². The molecular weight excluding hydrogens is 298 g/mol. The molecule has 0 fully saturated rings. The first-order chi connectivity index (χ1) is 11.7. The summed E-state index contributed by atoms with van der Waals surface area (Å²) in [5.74, 6) is 0.896. The van der Waals surface area contributed by atoms with E-state index in [9.17, 15) is 4.79 Å². The van der Waals surface area contributed by atoms with E-state index < -0.39 is 0 Å². The number of furan rings is 1. The summed E-state index contributed by atoms with van der Waals surface area (Å²) in [6, 6.07) is 15.3. The Morgan fingerprint density at radius 2 is 1.88 bits per heavy atom. The summed E-state index contributed by atoms with van der Waals surface area (Å²) in [4.78, 5) is 12.4. The first-order valence-corrected chi connectivity index (χ1v) is 8.38. The minimum Gasteiger partial charge on any atom is -0.461 e. The van der Waals surface area contributed by atoms with Gasteiger partial charge >= 0.3 is 0 Å². The predicted octanol–water partition coefficient (Wildman–Crippen LogP) is 4.89. The average Bonchev–Trinajstić information content (AvgIpc) is 2.96. The third-order valence-corrected chi connectivity index (χ3v) is 4.18. The van der Waals surface area contributed by atoms with E-state index in [0.29, 0.717) is 12.1 Å². The van der Waals surface area contributed by atoms with Crippen LogP contribution in [0.15, 0.2) is 52.9 Å². The van der Waals surface area contributed by atoms with E-state index in [2.05, 4.69) is 19.2 Å². The SMILES string of the molecule is [CH2]c1ccc(C(=O)NCc2c(CCCC)oc3ccccc23)cc1. The second kappa shape index (κ2) is 7.35. The van der Waals surface area contributed by atoms with Gasteiger partial charge in [-0.05, 0) is 37.1 Å². The van der Waals surface area contributed by atoms with Crippen LogP contribution in [0.5, 0.6) is 0 Å². The van der Waals surface area contributed by atoms with Gasteiger partial charge in [0, 0.05) is 29.5 Å². The van der Waals surface area contributed by atoms with Crippen molar-refractivity contribution in [2.75, 3.05) is 0 Å². The van der Waals surface area contributed by atoms with Crippen LogP contribution in [0, 0.1) is 6.92 Å². The van der Waals surface area contributed by atoms with Crippen LogP contribution in [0.25, 0.3) is 11.0 Å². The third kappa shape index (κ3) is 3.51. The molecule has 0 aliphatic rings. The van der Waals surface area contributed by atoms with Gasteiger partial charge < -0.3 is 9.73 Å². The molecule has 0 unspecified atom stereocenters. The average molecular weight is 320 g/mol. The molecule has 0 atom stereocenters. The number of carbonyl (C=O) groups excluding carboxylic acids is 1. The number of carbonyl (C=O) groups is 1. The number of nitrogens with one attached hydrogen (secondary N) is 1. The monoisotopic (exact) mass is 320 g/mol. The number of unbranched alkanes of at least 4 members (excludes halogenated alkanes) is 1. The van der Waals surface area contributed by atoms with Crippen molar-refractivity contribution in [3.63, 3.8) is 0 Å². The van der Waals surface area contributed by atoms with Gasteiger partial charge in [-0.3, -0.25) is 4.79 Å². The predicted molar refractivity (Wildman–Crippen MR) is 96.9 cm³/mol. The Labute approximate surface area is 142 Å². The van der Waals surface area contributed by atoms with Crippen LogP contribution in [0.3, 0.4) is 0 Å². The Bertz CT molecular complexity index is 831. The maximum Gasteiger partial charge on any atom is 0.251 e. The van der Waals surface area contributed by atoms with Gasteiger partial charge in [-0.25, -0.2) is 0 Å². The van der Waals surface area contributed by atoms with Crippen LogP contribution in [0.4, 0.5) is 0 Å². The lowest BCUT2D eigenvalue weighted by Crippen LogP contribution is -2.23. The quantitative estimate of drug-likeness (QED) is 0.703. The molecule has 123 valence electrons. The fraction of sp³-hybridized carbons (Fsp3) is 0.238. The molecule has 0 bridgehead atoms. The van der Waals surface area contributed by atoms with E-state index >= 15 is 0 Å². The minimum atomic E-state index is -0.0817. The highest BCUT2D eigenvalue weighted by Crippen LogP contribution is 2.27. The highest BCUT2D eigenvalue weighted by Gasteiger charge is 2.14. The molecule has 1 radical (unpaired) electrons. The second-order valence-electron chi connectivity index (χ2n) is 5.98. The summed E-state index contributed by atoms with van der Waals surface area (Å²) in [6.07, 6.45) is 3.08. The summed E-state index contributed by atoms with van der Waals surface area (Å²) in [7, 11) is 0. The molecule has 3 heteroatoms. The van der Waals surface area contributed by atoms with Crippen molar-refractivity contribution in [2.45, 2.75) is 32.7 Å². The van der Waals surface area contributed by atoms with Crippen LogP contribution in [0.2, 0.25) is 0 Å². The number of hydrogen-bond donors (Lipinski definition) is 1. The molecular formula is C21H22NO2. The van der Waals surface area contributed by atoms with E-state index in [-0.39, 0.29) is 5.91 Å². The summed E-state index contributed by atoms with van der Waals surface area (Å²) in [5.41, 5.74) is 3.51. The molecule has 1 heterocycles. The number of benzene rings is 2. The summed E-state index contributed by atoms with van der Waals surface area (Å²) >= 11 is 0. The minimum absolute atomic E-state index is 0.0817. The molecule has 0 saturated carbocycles. The van der Waals surface area contributed by atoms with Gasteiger partial charge in [-0.1, -0.05) is 43.7 Å². The number of hydrogen-bond acceptors (Lipinski definition) is 2. The topological polar surface area (TPSA) is 42.2 Å². The van der Waals surface area contributed by atoms with Crippen molar-refractivity contribution in [1.82, 2.24) is 5.32 Å². The summed E-state index contributed by atoms with van der Waals surface area (Å²) in [6.45, 7) is 6.47. The smallest absolute Gasteiger partial charge is 0.251 e. The fourth-order valence-corrected chi connectivity index (χ4v) is 2.81. The van der Waals surface area contributed by atoms with Gasteiger partial charge in [0.2, 0.25) is 0 Å². The third-order valence-electron chi connectivity index (χ3n) is 4.18. The normalized spacial score (nSPS) is 10.9. The number of fused-ring (bicyclic) bond motifs is 1. The van der Waals surface area contributed by atoms with Crippen molar-refractivity contribution < 1.29 is 9.21 Å². The van der Waals surface area contributed by atoms with Crippen molar-refractivity contribution in [2.24, 2.45) is 0 Å². The lowest BCUT2D eigenvalue weighted by Gasteiger charge is -2.07. The molecule has 3 rings (SSSR count). The highest BCUT2D eigenvalue weighted by molar-refractivity contribution is 5.94. The highest BCUT2D eigenvalue weighted by atomic mass is 16.3. The molecule has 1 N–H and O–H groups in total. The first-order valence-electron chi connectivity index (χ1n) is 8.38. The van der Waals surface area contributed by atoms with Gasteiger partial charge in [0.25, 0.3) is 5.91 Å². The van der Waals surface area contributed by atoms with Gasteiger partial charge in [-0.15, -0.1) is 0 Å². The zero-order valence-corrected chi connectivity index (χ0v) is 14.0. The zero-order chi connectivity index (χ0) is 16.9. The standard InChI is InChI=1S/C21H22NO2/c1-3-4-8-20-18(17-7-5-6-9-19(17)24-20)14-22-21(23)16-12-10-15(2)11-13-16/h5-7,9-13H,2-4,8,14H2,1H3,(H,22,23). The van der Waals surface area contributed by atoms with Crippen molar-refractivity contribution in [3.8, 4) is 0 Å². The van der Waals surface area contributed by atoms with E-state index in [1.807, 2.05) is 36.4 Å². The van der Waals surface area contributed by atoms with Crippen molar-refractivity contribution >= 4 is 16.9 Å². The molecule has 24 heavy (non-hydrogen) atoms. The van der Waals surface area contributed by atoms with Crippen LogP contribution in [-0.4, -0.2) is 5.91 Å². The molecule has 2 aromatic carbocycles. The molecule has 0 aliphatic carbocycles. The molecule has 0 spiro atoms. The largest absolute Gasteiger partial charge is 0.461 e. The van der Waals surface area contributed by atoms with Crippen molar-refractivity contribution in [1.29, 1.82) is 0 Å². The zero-order valence-electron chi connectivity index (χ0n) is 14.0. The van der Waals surface area contributed by atoms with Gasteiger partial charge in [0.05, 0.1) is 0 Å². The maximum absolute atomic E-state index is 12.4. The van der Waals surface area contributed by atoms with E-state index in [1.165, 1.54) is 0 Å². The van der Waals surface area contributed by atoms with Crippen LogP contribution in [-0.2, 0) is 13.0 Å². The molecule has 1 amide bonds. The molecule has 0 aliphatic heterocycles. The number of rotatable bonds is 6. The second-order valence-corrected chi connectivity index (χ2v) is 5.98. The Hall–Kier alpha value is -2.55. The number of amides is 1. The summed E-state index contributed by atoms with van der Waals surface area (Å²) < 4.78 is 6.00. The van der Waals surface area contributed by atoms with Crippen LogP contribution >= 0.6 is 0 Å². The molecule has 3 aromatic rings. The Kier molecular flexibility index (Phi) is 4.99. The lowest BCUT2D eigenvalue weighted by molar-refractivity contribution is 0.0951. The van der Waals surface area contributed by atoms with E-state index in [0.717, 1.165) is 47.1 Å². The maximum atomic E-state index is 12.4. The van der Waals surface area contributed by atoms with Gasteiger partial charge in [0.15, 0.2) is 0 Å². The molecule has 3 nitrogen and oxygen atoms in total. The number of para-hydroxylation sites is 1.